The van der Waals surface area contributed by atoms with Gasteiger partial charge in [0, 0.05) is 18.7 Å². The molecule has 156 valence electrons. The minimum Gasteiger partial charge on any atom is -0.496 e. The van der Waals surface area contributed by atoms with E-state index in [0.717, 1.165) is 5.56 Å². The highest BCUT2D eigenvalue weighted by Gasteiger charge is 2.35. The van der Waals surface area contributed by atoms with Crippen molar-refractivity contribution in [3.05, 3.63) is 51.6 Å². The average molecular weight is 404 g/mol. The number of para-hydroxylation sites is 1. The Hall–Kier alpha value is -3.49. The van der Waals surface area contributed by atoms with Crippen LogP contribution in [0.4, 0.5) is 5.69 Å². The maximum atomic E-state index is 13.2. The monoisotopic (exact) mass is 404 g/mol. The van der Waals surface area contributed by atoms with Crippen molar-refractivity contribution in [1.29, 1.82) is 0 Å². The van der Waals surface area contributed by atoms with E-state index in [1.807, 2.05) is 18.2 Å². The number of ether oxygens (including phenoxy) is 4. The number of rotatable bonds is 8. The van der Waals surface area contributed by atoms with Gasteiger partial charge in [0.15, 0.2) is 5.75 Å². The highest BCUT2D eigenvalue weighted by Crippen LogP contribution is 2.46. The van der Waals surface area contributed by atoms with Crippen LogP contribution in [-0.4, -0.2) is 51.2 Å². The van der Waals surface area contributed by atoms with Crippen molar-refractivity contribution in [2.75, 3.05) is 35.5 Å². The lowest BCUT2D eigenvalue weighted by Crippen LogP contribution is -2.30. The molecule has 0 spiro atoms. The van der Waals surface area contributed by atoms with Crippen molar-refractivity contribution < 1.29 is 28.7 Å². The summed E-state index contributed by atoms with van der Waals surface area (Å²) in [6.07, 6.45) is 0. The van der Waals surface area contributed by atoms with Gasteiger partial charge in [0.05, 0.1) is 39.4 Å². The lowest BCUT2D eigenvalue weighted by atomic mass is 10.0. The van der Waals surface area contributed by atoms with E-state index >= 15 is 0 Å². The third-order valence-corrected chi connectivity index (χ3v) is 4.71. The number of hydrogen-bond acceptors (Lipinski definition) is 7. The first-order valence-corrected chi connectivity index (χ1v) is 8.69. The first-order chi connectivity index (χ1) is 13.8. The summed E-state index contributed by atoms with van der Waals surface area (Å²) in [5.74, 6) is 0.0438. The van der Waals surface area contributed by atoms with Gasteiger partial charge in [-0.1, -0.05) is 18.2 Å². The molecule has 2 rings (SSSR count). The molecule has 0 fully saturated rings. The van der Waals surface area contributed by atoms with Gasteiger partial charge in [-0.25, -0.2) is 0 Å². The third kappa shape index (κ3) is 4.03. The van der Waals surface area contributed by atoms with E-state index < -0.39 is 22.6 Å². The van der Waals surface area contributed by atoms with E-state index in [4.69, 9.17) is 18.9 Å². The first kappa shape index (κ1) is 21.8. The Balaban J connectivity index is 2.60. The molecule has 1 amide bonds. The SMILES string of the molecule is COc1ccccc1C(C)N(C)C(=O)c1cc(OC)c(OC)c(OC)c1[N+](=O)[O-]. The standard InChI is InChI=1S/C20H24N2O7/c1-12(13-9-7-8-10-15(13)26-3)21(2)20(23)14-11-16(27-4)18(28-5)19(29-6)17(14)22(24)25/h7-12H,1-6H3. The Labute approximate surface area is 168 Å². The maximum absolute atomic E-state index is 13.2. The zero-order valence-corrected chi connectivity index (χ0v) is 17.2. The molecule has 0 aliphatic heterocycles. The number of carbonyl (C=O) groups excluding carboxylic acids is 1. The van der Waals surface area contributed by atoms with Gasteiger partial charge in [0.2, 0.25) is 11.5 Å². The van der Waals surface area contributed by atoms with E-state index in [1.165, 1.54) is 39.4 Å². The molecule has 0 aliphatic rings. The molecule has 0 heterocycles. The summed E-state index contributed by atoms with van der Waals surface area (Å²) >= 11 is 0. The van der Waals surface area contributed by atoms with Crippen molar-refractivity contribution in [3.8, 4) is 23.0 Å². The van der Waals surface area contributed by atoms with Gasteiger partial charge >= 0.3 is 5.69 Å². The molecule has 2 aromatic carbocycles. The van der Waals surface area contributed by atoms with E-state index in [2.05, 4.69) is 0 Å². The van der Waals surface area contributed by atoms with Gasteiger partial charge in [0.25, 0.3) is 5.91 Å². The molecular formula is C20H24N2O7. The number of methoxy groups -OCH3 is 4. The molecule has 29 heavy (non-hydrogen) atoms. The quantitative estimate of drug-likeness (QED) is 0.490. The normalized spacial score (nSPS) is 11.4. The summed E-state index contributed by atoms with van der Waals surface area (Å²) in [4.78, 5) is 25.7. The van der Waals surface area contributed by atoms with Crippen LogP contribution in [0, 0.1) is 10.1 Å². The van der Waals surface area contributed by atoms with Crippen molar-refractivity contribution >= 4 is 11.6 Å². The minimum absolute atomic E-state index is 0.0404. The van der Waals surface area contributed by atoms with Crippen LogP contribution in [-0.2, 0) is 0 Å². The number of nitro groups is 1. The molecule has 9 heteroatoms. The summed E-state index contributed by atoms with van der Waals surface area (Å²) in [7, 11) is 7.07. The lowest BCUT2D eigenvalue weighted by molar-refractivity contribution is -0.386. The predicted octanol–water partition coefficient (Wildman–Crippen LogP) is 3.46. The van der Waals surface area contributed by atoms with Crippen LogP contribution < -0.4 is 18.9 Å². The summed E-state index contributed by atoms with van der Waals surface area (Å²) in [5.41, 5.74) is 0.101. The molecule has 0 saturated carbocycles. The molecule has 0 saturated heterocycles. The zero-order valence-electron chi connectivity index (χ0n) is 17.2. The molecule has 0 radical (unpaired) electrons. The highest BCUT2D eigenvalue weighted by atomic mass is 16.6. The average Bonchev–Trinajstić information content (AvgIpc) is 2.75. The van der Waals surface area contributed by atoms with E-state index in [0.29, 0.717) is 5.75 Å². The van der Waals surface area contributed by atoms with Crippen molar-refractivity contribution in [3.63, 3.8) is 0 Å². The lowest BCUT2D eigenvalue weighted by Gasteiger charge is -2.27. The largest absolute Gasteiger partial charge is 0.496 e. The second-order valence-electron chi connectivity index (χ2n) is 6.13. The van der Waals surface area contributed by atoms with Crippen LogP contribution in [0.15, 0.2) is 30.3 Å². The van der Waals surface area contributed by atoms with Gasteiger partial charge in [-0.05, 0) is 13.0 Å². The Morgan fingerprint density at radius 1 is 1.00 bits per heavy atom. The van der Waals surface area contributed by atoms with Gasteiger partial charge in [-0.15, -0.1) is 0 Å². The maximum Gasteiger partial charge on any atom is 0.327 e. The zero-order chi connectivity index (χ0) is 21.7. The van der Waals surface area contributed by atoms with Crippen LogP contribution >= 0.6 is 0 Å². The second kappa shape index (κ2) is 9.13. The van der Waals surface area contributed by atoms with Crippen LogP contribution in [0.2, 0.25) is 0 Å². The summed E-state index contributed by atoms with van der Waals surface area (Å²) in [6.45, 7) is 1.81. The van der Waals surface area contributed by atoms with Gasteiger partial charge < -0.3 is 23.8 Å². The molecule has 0 N–H and O–H groups in total. The Kier molecular flexibility index (Phi) is 6.87. The van der Waals surface area contributed by atoms with Crippen molar-refractivity contribution in [2.24, 2.45) is 0 Å². The molecule has 1 unspecified atom stereocenters. The molecule has 9 nitrogen and oxygen atoms in total. The van der Waals surface area contributed by atoms with Crippen molar-refractivity contribution in [1.82, 2.24) is 4.90 Å². The number of benzene rings is 2. The fraction of sp³-hybridized carbons (Fsp3) is 0.350. The minimum atomic E-state index is -0.671. The second-order valence-corrected chi connectivity index (χ2v) is 6.13. The van der Waals surface area contributed by atoms with Crippen LogP contribution in [0.25, 0.3) is 0 Å². The van der Waals surface area contributed by atoms with Crippen LogP contribution in [0.5, 0.6) is 23.0 Å². The smallest absolute Gasteiger partial charge is 0.327 e. The number of hydrogen-bond donors (Lipinski definition) is 0. The summed E-state index contributed by atoms with van der Waals surface area (Å²) in [6, 6.07) is 8.13. The summed E-state index contributed by atoms with van der Waals surface area (Å²) < 4.78 is 21.0. The summed E-state index contributed by atoms with van der Waals surface area (Å²) in [5, 5.41) is 11.8. The van der Waals surface area contributed by atoms with Gasteiger partial charge in [-0.3, -0.25) is 14.9 Å². The van der Waals surface area contributed by atoms with Crippen LogP contribution in [0.3, 0.4) is 0 Å². The number of nitro benzene ring substituents is 1. The fourth-order valence-corrected chi connectivity index (χ4v) is 3.07. The predicted molar refractivity (Wildman–Crippen MR) is 106 cm³/mol. The number of carbonyl (C=O) groups is 1. The Morgan fingerprint density at radius 3 is 2.10 bits per heavy atom. The highest BCUT2D eigenvalue weighted by molar-refractivity contribution is 6.00. The Morgan fingerprint density at radius 2 is 1.59 bits per heavy atom. The van der Waals surface area contributed by atoms with Gasteiger partial charge in [-0.2, -0.15) is 0 Å². The van der Waals surface area contributed by atoms with E-state index in [1.54, 1.807) is 20.0 Å². The molecule has 1 atom stereocenters. The van der Waals surface area contributed by atoms with Gasteiger partial charge in [0.1, 0.15) is 11.3 Å². The third-order valence-electron chi connectivity index (χ3n) is 4.71. The number of nitrogens with zero attached hydrogens (tertiary/aromatic N) is 2. The fourth-order valence-electron chi connectivity index (χ4n) is 3.07. The Bertz CT molecular complexity index is 914. The molecule has 0 bridgehead atoms. The first-order valence-electron chi connectivity index (χ1n) is 8.69. The van der Waals surface area contributed by atoms with E-state index in [-0.39, 0.29) is 22.8 Å². The molecule has 0 aliphatic carbocycles. The topological polar surface area (TPSA) is 100 Å². The molecule has 2 aromatic rings. The molecule has 0 aromatic heterocycles. The molecular weight excluding hydrogens is 380 g/mol. The van der Waals surface area contributed by atoms with Crippen LogP contribution in [0.1, 0.15) is 28.9 Å². The van der Waals surface area contributed by atoms with E-state index in [9.17, 15) is 14.9 Å². The number of amides is 1. The van der Waals surface area contributed by atoms with Crippen molar-refractivity contribution in [2.45, 2.75) is 13.0 Å².